The second-order valence-corrected chi connectivity index (χ2v) is 9.42. The Morgan fingerprint density at radius 3 is 2.64 bits per heavy atom. The third kappa shape index (κ3) is 5.68. The first kappa shape index (κ1) is 23.6. The maximum absolute atomic E-state index is 13.2. The van der Waals surface area contributed by atoms with Gasteiger partial charge in [0, 0.05) is 30.4 Å². The van der Waals surface area contributed by atoms with Crippen LogP contribution in [0.25, 0.3) is 0 Å². The lowest BCUT2D eigenvalue weighted by Gasteiger charge is -2.43. The summed E-state index contributed by atoms with van der Waals surface area (Å²) in [5.74, 6) is 0.506. The van der Waals surface area contributed by atoms with E-state index in [1.165, 1.54) is 0 Å². The largest absolute Gasteiger partial charge is 0.490 e. The smallest absolute Gasteiger partial charge is 0.274 e. The molecule has 0 bridgehead atoms. The van der Waals surface area contributed by atoms with Gasteiger partial charge in [-0.3, -0.25) is 14.7 Å². The summed E-state index contributed by atoms with van der Waals surface area (Å²) < 4.78 is 12.3. The molecule has 8 nitrogen and oxygen atoms in total. The molecule has 0 spiro atoms. The van der Waals surface area contributed by atoms with Crippen molar-refractivity contribution < 1.29 is 19.1 Å². The first-order chi connectivity index (χ1) is 15.8. The molecule has 2 amide bonds. The summed E-state index contributed by atoms with van der Waals surface area (Å²) in [5, 5.41) is 7.59. The molecule has 2 aliphatic rings. The Morgan fingerprint density at radius 2 is 1.94 bits per heavy atom. The first-order valence-electron chi connectivity index (χ1n) is 11.5. The Labute approximate surface area is 199 Å². The highest BCUT2D eigenvalue weighted by Gasteiger charge is 2.43. The van der Waals surface area contributed by atoms with E-state index in [2.05, 4.69) is 10.2 Å². The van der Waals surface area contributed by atoms with Crippen LogP contribution in [-0.2, 0) is 9.53 Å². The average Bonchev–Trinajstić information content (AvgIpc) is 3.26. The lowest BCUT2D eigenvalue weighted by molar-refractivity contribution is -0.153. The number of piperidine rings is 1. The molecule has 178 valence electrons. The van der Waals surface area contributed by atoms with Gasteiger partial charge in [0.15, 0.2) is 0 Å². The zero-order chi connectivity index (χ0) is 23.4. The minimum Gasteiger partial charge on any atom is -0.490 e. The van der Waals surface area contributed by atoms with Crippen LogP contribution in [-0.4, -0.2) is 76.8 Å². The summed E-state index contributed by atoms with van der Waals surface area (Å²) >= 11 is 6.14. The Hall–Kier alpha value is -2.58. The van der Waals surface area contributed by atoms with E-state index in [-0.39, 0.29) is 31.4 Å². The van der Waals surface area contributed by atoms with Gasteiger partial charge in [-0.25, -0.2) is 0 Å². The van der Waals surface area contributed by atoms with E-state index in [0.717, 1.165) is 43.6 Å². The number of hydrogen-bond acceptors (Lipinski definition) is 5. The number of carbonyl (C=O) groups excluding carboxylic acids is 2. The molecule has 0 saturated carbocycles. The van der Waals surface area contributed by atoms with Crippen LogP contribution in [0.4, 0.5) is 0 Å². The zero-order valence-electron chi connectivity index (χ0n) is 19.2. The Kier molecular flexibility index (Phi) is 7.24. The molecule has 0 radical (unpaired) electrons. The van der Waals surface area contributed by atoms with E-state index >= 15 is 0 Å². The number of morpholine rings is 1. The molecule has 2 saturated heterocycles. The maximum Gasteiger partial charge on any atom is 0.274 e. The molecule has 4 rings (SSSR count). The van der Waals surface area contributed by atoms with Gasteiger partial charge in [0.1, 0.15) is 23.7 Å². The molecule has 33 heavy (non-hydrogen) atoms. The van der Waals surface area contributed by atoms with Crippen molar-refractivity contribution >= 4 is 23.4 Å². The fourth-order valence-electron chi connectivity index (χ4n) is 4.41. The summed E-state index contributed by atoms with van der Waals surface area (Å²) in [7, 11) is 0. The molecule has 2 aliphatic heterocycles. The summed E-state index contributed by atoms with van der Waals surface area (Å²) in [6.45, 7) is 6.46. The molecule has 2 aromatic rings. The Bertz CT molecular complexity index is 1000. The number of H-pyrrole nitrogens is 1. The highest BCUT2D eigenvalue weighted by Crippen LogP contribution is 2.28. The lowest BCUT2D eigenvalue weighted by Crippen LogP contribution is -2.58. The van der Waals surface area contributed by atoms with Crippen molar-refractivity contribution in [2.45, 2.75) is 45.1 Å². The summed E-state index contributed by atoms with van der Waals surface area (Å²) in [4.78, 5) is 29.9. The lowest BCUT2D eigenvalue weighted by atomic mass is 9.96. The van der Waals surface area contributed by atoms with E-state index in [1.54, 1.807) is 23.1 Å². The highest BCUT2D eigenvalue weighted by atomic mass is 35.5. The molecule has 1 atom stereocenters. The normalized spacial score (nSPS) is 21.2. The van der Waals surface area contributed by atoms with Crippen LogP contribution in [0.15, 0.2) is 24.3 Å². The van der Waals surface area contributed by atoms with Crippen molar-refractivity contribution in [2.24, 2.45) is 0 Å². The van der Waals surface area contributed by atoms with E-state index in [4.69, 9.17) is 21.1 Å². The molecule has 1 N–H and O–H groups in total. The number of likely N-dealkylation sites (tertiary alicyclic amines) is 1. The monoisotopic (exact) mass is 474 g/mol. The predicted molar refractivity (Wildman–Crippen MR) is 125 cm³/mol. The number of nitrogens with zero attached hydrogens (tertiary/aromatic N) is 3. The topological polar surface area (TPSA) is 87.8 Å². The number of aromatic amines is 1. The molecular formula is C24H31ClN4O4. The summed E-state index contributed by atoms with van der Waals surface area (Å²) in [6, 6.07) is 7.18. The molecule has 2 fully saturated rings. The number of ether oxygens (including phenoxy) is 2. The molecule has 1 unspecified atom stereocenters. The third-order valence-electron chi connectivity index (χ3n) is 6.27. The Balaban J connectivity index is 1.53. The minimum absolute atomic E-state index is 0.0375. The van der Waals surface area contributed by atoms with Gasteiger partial charge in [0.05, 0.1) is 19.6 Å². The molecular weight excluding hydrogens is 444 g/mol. The van der Waals surface area contributed by atoms with Crippen molar-refractivity contribution in [1.82, 2.24) is 20.0 Å². The molecule has 0 aliphatic carbocycles. The van der Waals surface area contributed by atoms with Crippen molar-refractivity contribution in [2.75, 3.05) is 39.4 Å². The number of hydrogen-bond donors (Lipinski definition) is 1. The van der Waals surface area contributed by atoms with Crippen LogP contribution in [0.2, 0.25) is 5.02 Å². The van der Waals surface area contributed by atoms with Crippen LogP contribution >= 0.6 is 11.6 Å². The van der Waals surface area contributed by atoms with Gasteiger partial charge >= 0.3 is 0 Å². The summed E-state index contributed by atoms with van der Waals surface area (Å²) in [6.07, 6.45) is 3.34. The van der Waals surface area contributed by atoms with E-state index in [9.17, 15) is 9.59 Å². The second kappa shape index (κ2) is 10.1. The number of carbonyl (C=O) groups is 2. The highest BCUT2D eigenvalue weighted by molar-refractivity contribution is 6.31. The van der Waals surface area contributed by atoms with Crippen LogP contribution < -0.4 is 4.74 Å². The standard InChI is InChI=1S/C24H31ClN4O4/c1-17-12-19(6-7-20(17)25)32-16-24(14-22(30)28-8-4-3-5-9-28)15-29(10-11-33-24)23(31)21-13-18(2)26-27-21/h6-7,12-13H,3-5,8-11,14-16H2,1-2H3,(H,26,27). The van der Waals surface area contributed by atoms with E-state index in [0.29, 0.717) is 29.6 Å². The van der Waals surface area contributed by atoms with Gasteiger partial charge in [-0.1, -0.05) is 11.6 Å². The number of benzene rings is 1. The van der Waals surface area contributed by atoms with Gasteiger partial charge in [-0.15, -0.1) is 0 Å². The third-order valence-corrected chi connectivity index (χ3v) is 6.70. The van der Waals surface area contributed by atoms with Crippen LogP contribution in [0.3, 0.4) is 0 Å². The number of aryl methyl sites for hydroxylation is 2. The van der Waals surface area contributed by atoms with Crippen molar-refractivity contribution in [3.05, 3.63) is 46.2 Å². The Morgan fingerprint density at radius 1 is 1.15 bits per heavy atom. The van der Waals surface area contributed by atoms with Gasteiger partial charge in [-0.2, -0.15) is 5.10 Å². The van der Waals surface area contributed by atoms with Crippen LogP contribution in [0.1, 0.15) is 47.4 Å². The fraction of sp³-hybridized carbons (Fsp3) is 0.542. The quantitative estimate of drug-likeness (QED) is 0.693. The zero-order valence-corrected chi connectivity index (χ0v) is 20.0. The predicted octanol–water partition coefficient (Wildman–Crippen LogP) is 3.37. The van der Waals surface area contributed by atoms with Gasteiger partial charge in [0.2, 0.25) is 5.91 Å². The van der Waals surface area contributed by atoms with Gasteiger partial charge in [-0.05, 0) is 62.9 Å². The molecule has 1 aromatic carbocycles. The number of nitrogens with one attached hydrogen (secondary N) is 1. The van der Waals surface area contributed by atoms with Gasteiger partial charge in [0.25, 0.3) is 5.91 Å². The number of rotatable bonds is 6. The van der Waals surface area contributed by atoms with Crippen LogP contribution in [0, 0.1) is 13.8 Å². The van der Waals surface area contributed by atoms with E-state index < -0.39 is 5.60 Å². The van der Waals surface area contributed by atoms with Crippen LogP contribution in [0.5, 0.6) is 5.75 Å². The molecule has 9 heteroatoms. The van der Waals surface area contributed by atoms with Crippen molar-refractivity contribution in [3.8, 4) is 5.75 Å². The number of aromatic nitrogens is 2. The SMILES string of the molecule is Cc1cc(C(=O)N2CCOC(COc3ccc(Cl)c(C)c3)(CC(=O)N3CCCCC3)C2)n[nH]1. The number of halogens is 1. The first-order valence-corrected chi connectivity index (χ1v) is 11.8. The number of amides is 2. The molecule has 1 aromatic heterocycles. The van der Waals surface area contributed by atoms with Crippen molar-refractivity contribution in [1.29, 1.82) is 0 Å². The van der Waals surface area contributed by atoms with Crippen molar-refractivity contribution in [3.63, 3.8) is 0 Å². The minimum atomic E-state index is -0.943. The summed E-state index contributed by atoms with van der Waals surface area (Å²) in [5.41, 5.74) is 1.14. The van der Waals surface area contributed by atoms with E-state index in [1.807, 2.05) is 24.8 Å². The maximum atomic E-state index is 13.2. The second-order valence-electron chi connectivity index (χ2n) is 9.01. The molecule has 3 heterocycles. The van der Waals surface area contributed by atoms with Gasteiger partial charge < -0.3 is 19.3 Å². The average molecular weight is 475 g/mol. The fourth-order valence-corrected chi connectivity index (χ4v) is 4.52.